The fraction of sp³-hybridized carbons (Fsp3) is 0.545. The summed E-state index contributed by atoms with van der Waals surface area (Å²) in [5.74, 6) is -29.1. The summed E-state index contributed by atoms with van der Waals surface area (Å²) in [7, 11) is 0. The molecule has 0 radical (unpaired) electrons. The van der Waals surface area contributed by atoms with Crippen LogP contribution in [-0.2, 0) is 125 Å². The zero-order chi connectivity index (χ0) is 105. The Balaban J connectivity index is 1.80. The van der Waals surface area contributed by atoms with Crippen LogP contribution in [0.5, 0.6) is 5.75 Å². The van der Waals surface area contributed by atoms with Crippen LogP contribution in [0.25, 0.3) is 0 Å². The van der Waals surface area contributed by atoms with Gasteiger partial charge < -0.3 is 159 Å². The quantitative estimate of drug-likeness (QED) is 0.0233. The molecule has 0 unspecified atom stereocenters. The van der Waals surface area contributed by atoms with Gasteiger partial charge in [0.05, 0.1) is 45.0 Å². The summed E-state index contributed by atoms with van der Waals surface area (Å²) in [6.45, 7) is 5.70. The molecule has 0 aromatic heterocycles. The zero-order valence-corrected chi connectivity index (χ0v) is 78.3. The van der Waals surface area contributed by atoms with Crippen molar-refractivity contribution in [1.29, 1.82) is 0 Å². The first-order valence-corrected chi connectivity index (χ1v) is 44.6. The van der Waals surface area contributed by atoms with Crippen LogP contribution >= 0.6 is 0 Å². The van der Waals surface area contributed by atoms with Gasteiger partial charge in [0, 0.05) is 38.5 Å². The highest BCUT2D eigenvalue weighted by Gasteiger charge is 2.41. The second-order valence-electron chi connectivity index (χ2n) is 33.7. The Kier molecular flexibility index (Phi) is 52.1. The number of carbonyl (C=O) groups is 22. The molecule has 18 amide bonds. The third kappa shape index (κ3) is 43.5. The normalized spacial score (nSPS) is 15.2. The van der Waals surface area contributed by atoms with Crippen LogP contribution in [0.15, 0.2) is 84.9 Å². The van der Waals surface area contributed by atoms with Crippen LogP contribution in [0, 0.1) is 11.8 Å². The number of aromatic hydroxyl groups is 1. The van der Waals surface area contributed by atoms with Crippen molar-refractivity contribution >= 4 is 130 Å². The maximum absolute atomic E-state index is 14.6. The van der Waals surface area contributed by atoms with E-state index in [-0.39, 0.29) is 50.0 Å². The van der Waals surface area contributed by atoms with E-state index in [0.29, 0.717) is 17.5 Å². The molecule has 19 atom stereocenters. The van der Waals surface area contributed by atoms with Gasteiger partial charge in [0.2, 0.25) is 106 Å². The minimum absolute atomic E-state index is 0.118. The van der Waals surface area contributed by atoms with Crippen molar-refractivity contribution in [3.8, 4) is 5.75 Å². The number of primary amides is 1. The molecule has 3 aromatic carbocycles. The van der Waals surface area contributed by atoms with E-state index in [4.69, 9.17) is 17.2 Å². The number of hydrogen-bond acceptors (Lipinski definition) is 30. The van der Waals surface area contributed by atoms with Crippen LogP contribution in [-0.4, -0.2) is 329 Å². The van der Waals surface area contributed by atoms with Crippen molar-refractivity contribution in [2.24, 2.45) is 29.0 Å². The predicted octanol–water partition coefficient (Wildman–Crippen LogP) is -10.2. The number of hydrogen-bond donors (Lipinski definition) is 30. The van der Waals surface area contributed by atoms with Gasteiger partial charge in [-0.1, -0.05) is 100 Å². The fourth-order valence-electron chi connectivity index (χ4n) is 13.2. The van der Waals surface area contributed by atoms with Gasteiger partial charge in [-0.05, 0) is 120 Å². The van der Waals surface area contributed by atoms with Crippen molar-refractivity contribution in [3.63, 3.8) is 0 Å². The maximum atomic E-state index is 14.6. The maximum Gasteiger partial charge on any atom is 0.326 e. The predicted molar refractivity (Wildman–Crippen MR) is 489 cm³/mol. The lowest BCUT2D eigenvalue weighted by molar-refractivity contribution is -0.143. The van der Waals surface area contributed by atoms with Gasteiger partial charge in [-0.2, -0.15) is 0 Å². The molecule has 52 heteroatoms. The molecule has 0 aliphatic heterocycles. The number of unbranched alkanes of at least 4 members (excludes halogenated alkanes) is 1. The Morgan fingerprint density at radius 3 is 1.11 bits per heavy atom. The van der Waals surface area contributed by atoms with Gasteiger partial charge in [-0.15, -0.1) is 0 Å². The van der Waals surface area contributed by atoms with Gasteiger partial charge in [-0.25, -0.2) is 4.79 Å². The molecule has 0 heterocycles. The topological polar surface area (TPSA) is 860 Å². The van der Waals surface area contributed by atoms with E-state index in [9.17, 15) is 157 Å². The molecule has 0 bridgehead atoms. The smallest absolute Gasteiger partial charge is 0.326 e. The molecular weight excluding hydrogens is 1850 g/mol. The number of carboxylic acid groups (broad SMARTS) is 4. The number of phenols is 1. The van der Waals surface area contributed by atoms with Gasteiger partial charge in [0.15, 0.2) is 0 Å². The average molecular weight is 1980 g/mol. The van der Waals surface area contributed by atoms with Crippen LogP contribution in [0.2, 0.25) is 0 Å². The lowest BCUT2D eigenvalue weighted by Crippen LogP contribution is -2.63. The SMILES string of the molecule is CC(C)C[C@H](NC(=O)[C@H](Cc1ccc(O)cc1)NC(=O)[C@H](CO)NC(=O)[C@H](CO)NC(=O)[C@@H](NC(=O)[C@H](CC(=O)O)NC(=O)[C@H](CO)NC(=O)[C@@H](NC(=O)[C@H](Cc1ccccc1)NC(=O)[C@@H](N)[C@@H](C)O)[C@@H](C)O)C(C)C)C(=O)N[C@@H](CCC(=O)O)C(=O)NCC(=O)N[C@@H](CCC(N)=O)C(=O)N[C@@H](C)C(=O)N[C@@H](C)C(=O)N[C@@H](CCCCN)C(=O)N[C@@H](CCC(=O)O)C(=O)N[C@@H](Cc1ccccc1)C(=O)O. The number of aliphatic hydroxyl groups excluding tert-OH is 5. The number of nitrogens with one attached hydrogen (secondary N) is 17. The molecule has 0 saturated heterocycles. The summed E-state index contributed by atoms with van der Waals surface area (Å²) in [6, 6.07) is -8.61. The van der Waals surface area contributed by atoms with E-state index < -0.39 is 335 Å². The van der Waals surface area contributed by atoms with E-state index in [0.717, 1.165) is 13.8 Å². The molecule has 52 nitrogen and oxygen atoms in total. The third-order valence-electron chi connectivity index (χ3n) is 21.2. The van der Waals surface area contributed by atoms with Gasteiger partial charge in [0.25, 0.3) is 0 Å². The van der Waals surface area contributed by atoms with Crippen LogP contribution in [0.1, 0.15) is 143 Å². The second kappa shape index (κ2) is 61.0. The molecule has 140 heavy (non-hydrogen) atoms. The molecule has 0 saturated carbocycles. The summed E-state index contributed by atoms with van der Waals surface area (Å²) >= 11 is 0. The number of carbonyl (C=O) groups excluding carboxylic acids is 18. The number of rotatable bonds is 64. The average Bonchev–Trinajstić information content (AvgIpc) is 0.840. The van der Waals surface area contributed by atoms with Crippen LogP contribution in [0.3, 0.4) is 0 Å². The summed E-state index contributed by atoms with van der Waals surface area (Å²) in [5, 5.41) is 140. The van der Waals surface area contributed by atoms with Crippen LogP contribution in [0.4, 0.5) is 0 Å². The molecule has 33 N–H and O–H groups in total. The Bertz CT molecular complexity index is 4750. The van der Waals surface area contributed by atoms with E-state index in [1.54, 1.807) is 74.5 Å². The Hall–Kier alpha value is -14.5. The second-order valence-corrected chi connectivity index (χ2v) is 33.7. The number of amides is 18. The molecule has 0 spiro atoms. The summed E-state index contributed by atoms with van der Waals surface area (Å²) in [4.78, 5) is 296. The van der Waals surface area contributed by atoms with Crippen molar-refractivity contribution < 1.29 is 157 Å². The summed E-state index contributed by atoms with van der Waals surface area (Å²) < 4.78 is 0. The Morgan fingerprint density at radius 2 is 0.671 bits per heavy atom. The number of aliphatic carboxylic acids is 4. The van der Waals surface area contributed by atoms with Crippen molar-refractivity contribution in [2.45, 2.75) is 260 Å². The first-order valence-electron chi connectivity index (χ1n) is 44.6. The molecule has 0 aliphatic rings. The van der Waals surface area contributed by atoms with Gasteiger partial charge in [-0.3, -0.25) is 101 Å². The Labute approximate surface area is 803 Å². The summed E-state index contributed by atoms with van der Waals surface area (Å²) in [5.41, 5.74) is 18.1. The fourth-order valence-corrected chi connectivity index (χ4v) is 13.2. The van der Waals surface area contributed by atoms with Crippen LogP contribution < -0.4 is 108 Å². The molecule has 0 fully saturated rings. The van der Waals surface area contributed by atoms with E-state index in [1.807, 2.05) is 5.32 Å². The molecular formula is C88H130N20O32. The highest BCUT2D eigenvalue weighted by Crippen LogP contribution is 2.17. The third-order valence-corrected chi connectivity index (χ3v) is 21.2. The van der Waals surface area contributed by atoms with Gasteiger partial charge in [0.1, 0.15) is 108 Å². The first kappa shape index (κ1) is 120. The standard InChI is InChI=1S/C88H130N20O32/c1-42(2)33-56(78(129)97-53(27-30-66(117)118)74(125)92-38-65(116)95-54(26-29-64(90)115)75(126)94-44(5)72(123)93-45(6)73(124)96-52(21-15-16-32-89)76(127)98-55(28-31-67(119)120)77(128)103-60(88(139)140)36-49-19-13-10-14-20-49)99-79(130)57(35-50-22-24-51(114)25-23-50)100-82(133)61(39-109)104-84(135)63(41-111)105-86(137)70(43(3)4)107-81(132)59(37-68(121)122)101-83(134)62(40-110)106-87(138)71(47(8)113)108-80(131)58(34-48-17-11-9-12-18-48)102-85(136)69(91)46(7)112/h9-14,17-20,22-25,42-47,52-63,69-71,109-114H,15-16,21,26-41,89,91H2,1-8H3,(H2,90,115)(H,92,125)(H,93,123)(H,94,126)(H,95,116)(H,96,124)(H,97,129)(H,98,127)(H,99,130)(H,100,133)(H,101,134)(H,102,136)(H,103,128)(H,104,135)(H,105,137)(H,106,138)(H,107,132)(H,108,131)(H,117,118)(H,119,120)(H,121,122)(H,139,140)/t44-,45-,46+,47+,52-,53-,54-,55-,56-,57-,58-,59-,60-,61-,62-,63-,69-,70-,71-/m0/s1. The zero-order valence-electron chi connectivity index (χ0n) is 78.3. The minimum Gasteiger partial charge on any atom is -0.508 e. The van der Waals surface area contributed by atoms with E-state index in [1.165, 1.54) is 52.0 Å². The van der Waals surface area contributed by atoms with Crippen molar-refractivity contribution in [3.05, 3.63) is 102 Å². The van der Waals surface area contributed by atoms with Crippen molar-refractivity contribution in [1.82, 2.24) is 90.4 Å². The highest BCUT2D eigenvalue weighted by molar-refractivity contribution is 6.02. The lowest BCUT2D eigenvalue weighted by Gasteiger charge is -2.29. The minimum atomic E-state index is -2.15. The largest absolute Gasteiger partial charge is 0.508 e. The monoisotopic (exact) mass is 1980 g/mol. The van der Waals surface area contributed by atoms with E-state index in [2.05, 4.69) is 85.1 Å². The lowest BCUT2D eigenvalue weighted by atomic mass is 10.00. The number of nitrogens with two attached hydrogens (primary N) is 3. The molecule has 774 valence electrons. The first-order chi connectivity index (χ1) is 65.8. The number of carboxylic acids is 4. The molecule has 3 aromatic rings. The van der Waals surface area contributed by atoms with E-state index >= 15 is 0 Å². The molecule has 3 rings (SSSR count). The summed E-state index contributed by atoms with van der Waals surface area (Å²) in [6.07, 6.45) is -8.93. The number of benzene rings is 3. The number of aliphatic hydroxyl groups is 5. The van der Waals surface area contributed by atoms with Crippen molar-refractivity contribution in [2.75, 3.05) is 32.9 Å². The van der Waals surface area contributed by atoms with Gasteiger partial charge >= 0.3 is 23.9 Å². The molecule has 0 aliphatic carbocycles. The Morgan fingerprint density at radius 1 is 0.329 bits per heavy atom. The number of phenolic OH excluding ortho intramolecular Hbond substituents is 1. The highest BCUT2D eigenvalue weighted by atomic mass is 16.4.